The van der Waals surface area contributed by atoms with E-state index in [1.54, 1.807) is 30.3 Å². The number of hydrogen-bond acceptors (Lipinski definition) is 8. The molecular formula is C28H31F3N6O3. The molecule has 1 aromatic heterocycles. The summed E-state index contributed by atoms with van der Waals surface area (Å²) in [5, 5.41) is 12.7. The molecule has 0 atom stereocenters. The molecule has 1 aliphatic carbocycles. The first-order valence-electron chi connectivity index (χ1n) is 13.2. The molecule has 8 rings (SSSR count). The van der Waals surface area contributed by atoms with Gasteiger partial charge in [-0.1, -0.05) is 12.1 Å². The van der Waals surface area contributed by atoms with Gasteiger partial charge >= 0.3 is 12.2 Å². The van der Waals surface area contributed by atoms with Crippen molar-refractivity contribution in [2.45, 2.75) is 32.0 Å². The van der Waals surface area contributed by atoms with Crippen LogP contribution in [-0.2, 0) is 6.54 Å². The van der Waals surface area contributed by atoms with Crippen LogP contribution < -0.4 is 30.7 Å². The maximum Gasteiger partial charge on any atom is 0.422 e. The van der Waals surface area contributed by atoms with Crippen LogP contribution in [0.3, 0.4) is 0 Å². The number of halogens is 3. The second kappa shape index (κ2) is 12.0. The van der Waals surface area contributed by atoms with Gasteiger partial charge < -0.3 is 30.7 Å². The third kappa shape index (κ3) is 7.98. The van der Waals surface area contributed by atoms with Crippen molar-refractivity contribution in [3.05, 3.63) is 65.7 Å². The molecule has 12 heteroatoms. The molecule has 6 bridgehead atoms. The second-order valence-electron chi connectivity index (χ2n) is 10.1. The van der Waals surface area contributed by atoms with Crippen molar-refractivity contribution in [2.75, 3.05) is 43.5 Å². The first-order valence-corrected chi connectivity index (χ1v) is 13.2. The number of carbonyl (C=O) groups excluding carboxylic acids is 1. The Labute approximate surface area is 229 Å². The van der Waals surface area contributed by atoms with Crippen LogP contribution >= 0.6 is 0 Å². The molecule has 9 nitrogen and oxygen atoms in total. The van der Waals surface area contributed by atoms with Crippen LogP contribution in [0.2, 0.25) is 0 Å². The highest BCUT2D eigenvalue weighted by molar-refractivity contribution is 5.94. The highest BCUT2D eigenvalue weighted by atomic mass is 19.4. The average Bonchev–Trinajstić information content (AvgIpc) is 3.71. The molecule has 40 heavy (non-hydrogen) atoms. The summed E-state index contributed by atoms with van der Waals surface area (Å²) in [4.78, 5) is 20.9. The summed E-state index contributed by atoms with van der Waals surface area (Å²) >= 11 is 0. The lowest BCUT2D eigenvalue weighted by Crippen LogP contribution is -2.36. The number of nitrogens with zero attached hydrogens (tertiary/aromatic N) is 2. The van der Waals surface area contributed by atoms with Crippen LogP contribution in [0.1, 0.15) is 35.2 Å². The van der Waals surface area contributed by atoms with E-state index in [0.717, 1.165) is 43.7 Å². The molecule has 5 heterocycles. The number of hydrogen-bond donors (Lipinski definition) is 4. The fourth-order valence-corrected chi connectivity index (χ4v) is 4.24. The Kier molecular flexibility index (Phi) is 8.24. The van der Waals surface area contributed by atoms with Crippen molar-refractivity contribution >= 4 is 23.2 Å². The Balaban J connectivity index is 1.35. The van der Waals surface area contributed by atoms with Gasteiger partial charge in [0.2, 0.25) is 0 Å². The third-order valence-corrected chi connectivity index (χ3v) is 6.73. The zero-order chi connectivity index (χ0) is 28.0. The Morgan fingerprint density at radius 3 is 2.42 bits per heavy atom. The number of anilines is 3. The van der Waals surface area contributed by atoms with Gasteiger partial charge in [0, 0.05) is 42.4 Å². The number of benzene rings is 2. The molecule has 1 amide bonds. The van der Waals surface area contributed by atoms with E-state index in [4.69, 9.17) is 9.47 Å². The number of ether oxygens (including phenoxy) is 2. The largest absolute Gasteiger partial charge is 0.494 e. The summed E-state index contributed by atoms with van der Waals surface area (Å²) in [6.07, 6.45) is -1.55. The standard InChI is InChI=1S/C28H31F3N6O3/c29-28(30,31)18-40-26-36-23-14-24(37-26)35-21-6-4-20(5-7-21)25(38)34-17-27(10-11-27)16-32-12-1-13-39-22-8-2-19(3-9-22)15-33-23/h2-9,14,32H,1,10-13,15-18H2,(H,34,38)(H2,33,35,36,37). The van der Waals surface area contributed by atoms with Gasteiger partial charge in [0.1, 0.15) is 17.4 Å². The van der Waals surface area contributed by atoms with Crippen molar-refractivity contribution in [1.29, 1.82) is 0 Å². The Morgan fingerprint density at radius 2 is 1.70 bits per heavy atom. The van der Waals surface area contributed by atoms with Crippen molar-refractivity contribution in [3.8, 4) is 11.8 Å². The summed E-state index contributed by atoms with van der Waals surface area (Å²) < 4.78 is 48.9. The highest BCUT2D eigenvalue weighted by Gasteiger charge is 2.42. The average molecular weight is 557 g/mol. The highest BCUT2D eigenvalue weighted by Crippen LogP contribution is 2.44. The number of amides is 1. The molecule has 212 valence electrons. The number of aromatic nitrogens is 2. The van der Waals surface area contributed by atoms with Gasteiger partial charge in [-0.3, -0.25) is 4.79 Å². The number of alkyl halides is 3. The topological polar surface area (TPSA) is 109 Å². The molecular weight excluding hydrogens is 525 g/mol. The fourth-order valence-electron chi connectivity index (χ4n) is 4.24. The minimum absolute atomic E-state index is 0.0895. The lowest BCUT2D eigenvalue weighted by atomic mass is 10.1. The molecule has 1 spiro atoms. The molecule has 0 radical (unpaired) electrons. The normalized spacial score (nSPS) is 17.6. The van der Waals surface area contributed by atoms with Crippen molar-refractivity contribution in [3.63, 3.8) is 0 Å². The van der Waals surface area contributed by atoms with Gasteiger partial charge in [0.25, 0.3) is 5.91 Å². The first kappa shape index (κ1) is 27.5. The fraction of sp³-hybridized carbons (Fsp3) is 0.393. The molecule has 1 saturated carbocycles. The molecule has 0 saturated heterocycles. The van der Waals surface area contributed by atoms with Crippen LogP contribution in [0.15, 0.2) is 54.6 Å². The monoisotopic (exact) mass is 556 g/mol. The molecule has 4 aliphatic heterocycles. The van der Waals surface area contributed by atoms with E-state index in [-0.39, 0.29) is 23.0 Å². The minimum Gasteiger partial charge on any atom is -0.494 e. The van der Waals surface area contributed by atoms with Crippen molar-refractivity contribution in [2.24, 2.45) is 5.41 Å². The summed E-state index contributed by atoms with van der Waals surface area (Å²) in [7, 11) is 0. The Hall–Kier alpha value is -4.06. The van der Waals surface area contributed by atoms with Gasteiger partial charge in [-0.05, 0) is 67.8 Å². The third-order valence-electron chi connectivity index (χ3n) is 6.73. The Morgan fingerprint density at radius 1 is 0.950 bits per heavy atom. The number of rotatable bonds is 2. The molecule has 3 aromatic rings. The molecule has 1 fully saturated rings. The van der Waals surface area contributed by atoms with Gasteiger partial charge in [0.05, 0.1) is 6.61 Å². The second-order valence-corrected chi connectivity index (χ2v) is 10.1. The smallest absolute Gasteiger partial charge is 0.422 e. The quantitative estimate of drug-likeness (QED) is 0.361. The number of nitrogens with one attached hydrogen (secondary N) is 4. The van der Waals surface area contributed by atoms with Crippen LogP contribution in [0, 0.1) is 5.41 Å². The van der Waals surface area contributed by atoms with Crippen LogP contribution in [-0.4, -0.2) is 54.9 Å². The van der Waals surface area contributed by atoms with Gasteiger partial charge in [-0.15, -0.1) is 0 Å². The lowest BCUT2D eigenvalue weighted by Gasteiger charge is -2.17. The van der Waals surface area contributed by atoms with E-state index in [1.165, 1.54) is 0 Å². The van der Waals surface area contributed by atoms with E-state index in [0.29, 0.717) is 30.9 Å². The van der Waals surface area contributed by atoms with Crippen molar-refractivity contribution in [1.82, 2.24) is 20.6 Å². The van der Waals surface area contributed by atoms with E-state index < -0.39 is 18.8 Å². The maximum atomic E-state index is 12.8. The van der Waals surface area contributed by atoms with Gasteiger partial charge in [-0.2, -0.15) is 23.1 Å². The van der Waals surface area contributed by atoms with Crippen LogP contribution in [0.4, 0.5) is 30.5 Å². The maximum absolute atomic E-state index is 12.8. The zero-order valence-electron chi connectivity index (χ0n) is 21.8. The van der Waals surface area contributed by atoms with Gasteiger partial charge in [0.15, 0.2) is 6.61 Å². The van der Waals surface area contributed by atoms with E-state index in [9.17, 15) is 18.0 Å². The van der Waals surface area contributed by atoms with Gasteiger partial charge in [-0.25, -0.2) is 0 Å². The van der Waals surface area contributed by atoms with Crippen LogP contribution in [0.25, 0.3) is 0 Å². The number of carbonyl (C=O) groups is 1. The van der Waals surface area contributed by atoms with Crippen molar-refractivity contribution < 1.29 is 27.4 Å². The van der Waals surface area contributed by atoms with E-state index >= 15 is 0 Å². The summed E-state index contributed by atoms with van der Waals surface area (Å²) in [5.41, 5.74) is 2.12. The molecule has 5 aliphatic rings. The Bertz CT molecular complexity index is 1300. The first-order chi connectivity index (χ1) is 19.3. The van der Waals surface area contributed by atoms with Crippen LogP contribution in [0.5, 0.6) is 11.8 Å². The zero-order valence-corrected chi connectivity index (χ0v) is 21.8. The van der Waals surface area contributed by atoms with E-state index in [2.05, 4.69) is 31.2 Å². The summed E-state index contributed by atoms with van der Waals surface area (Å²) in [5.74, 6) is 1.10. The lowest BCUT2D eigenvalue weighted by molar-refractivity contribution is -0.154. The molecule has 4 N–H and O–H groups in total. The predicted molar refractivity (Wildman–Crippen MR) is 144 cm³/mol. The minimum atomic E-state index is -4.53. The predicted octanol–water partition coefficient (Wildman–Crippen LogP) is 4.66. The molecule has 0 unspecified atom stereocenters. The summed E-state index contributed by atoms with van der Waals surface area (Å²) in [6.45, 7) is 1.68. The SMILES string of the molecule is O=C1NCC2(CC2)CNCCCOc2ccc(cc2)CNc2cc(nc(OCC(F)(F)F)n2)Nc2ccc1cc2. The summed E-state index contributed by atoms with van der Waals surface area (Å²) in [6, 6.07) is 15.5. The molecule has 2 aromatic carbocycles. The van der Waals surface area contributed by atoms with E-state index in [1.807, 2.05) is 24.3 Å².